The largest absolute Gasteiger partial charge is 0.348 e. The van der Waals surface area contributed by atoms with Crippen molar-refractivity contribution in [3.8, 4) is 9.88 Å². The first-order valence-corrected chi connectivity index (χ1v) is 10.9. The summed E-state index contributed by atoms with van der Waals surface area (Å²) in [7, 11) is 3.53. The molecule has 0 radical (unpaired) electrons. The van der Waals surface area contributed by atoms with E-state index in [1.807, 2.05) is 21.7 Å². The van der Waals surface area contributed by atoms with E-state index in [0.29, 0.717) is 31.9 Å². The predicted octanol–water partition coefficient (Wildman–Crippen LogP) is 2.87. The van der Waals surface area contributed by atoms with Gasteiger partial charge in [0.15, 0.2) is 0 Å². The van der Waals surface area contributed by atoms with Gasteiger partial charge in [-0.3, -0.25) is 14.5 Å². The Bertz CT molecular complexity index is 789. The number of likely N-dealkylation sites (N-methyl/N-ethyl adjacent to an activating group) is 1. The summed E-state index contributed by atoms with van der Waals surface area (Å²) in [6.07, 6.45) is 0.862. The summed E-state index contributed by atoms with van der Waals surface area (Å²) in [5.41, 5.74) is 0.507. The number of amides is 2. The van der Waals surface area contributed by atoms with Crippen LogP contribution >= 0.6 is 38.6 Å². The molecule has 6 nitrogen and oxygen atoms in total. The van der Waals surface area contributed by atoms with E-state index in [2.05, 4.69) is 25.8 Å². The van der Waals surface area contributed by atoms with Gasteiger partial charge in [0, 0.05) is 55.5 Å². The van der Waals surface area contributed by atoms with Gasteiger partial charge in [-0.2, -0.15) is 0 Å². The first-order chi connectivity index (χ1) is 12.4. The highest BCUT2D eigenvalue weighted by molar-refractivity contribution is 9.10. The molecule has 0 atom stereocenters. The van der Waals surface area contributed by atoms with Crippen molar-refractivity contribution in [1.29, 1.82) is 0 Å². The number of rotatable bonds is 4. The Morgan fingerprint density at radius 2 is 2.00 bits per heavy atom. The average molecular weight is 457 g/mol. The third kappa shape index (κ3) is 4.70. The minimum atomic E-state index is -0.0242. The zero-order valence-electron chi connectivity index (χ0n) is 14.8. The quantitative estimate of drug-likeness (QED) is 0.709. The highest BCUT2D eigenvalue weighted by Crippen LogP contribution is 2.32. The molecular formula is C17H21BrN4O2S2. The van der Waals surface area contributed by atoms with Crippen molar-refractivity contribution in [1.82, 2.24) is 19.7 Å². The maximum Gasteiger partial charge on any atom is 0.273 e. The summed E-state index contributed by atoms with van der Waals surface area (Å²) in [6, 6.07) is 2.02. The number of hydrogen-bond acceptors (Lipinski definition) is 6. The fourth-order valence-electron chi connectivity index (χ4n) is 2.74. The van der Waals surface area contributed by atoms with Gasteiger partial charge in [0.25, 0.3) is 5.91 Å². The number of thiazole rings is 1. The maximum absolute atomic E-state index is 12.8. The Balaban J connectivity index is 1.62. The van der Waals surface area contributed by atoms with Gasteiger partial charge in [-0.05, 0) is 28.4 Å². The molecule has 1 saturated heterocycles. The standard InChI is InChI=1S/C17H21BrN4O2S2/c1-20(2)15(23)9-21-4-3-5-22(7-6-21)17(24)13-11-26-16(19-13)14-8-12(18)10-25-14/h8,10-11H,3-7,9H2,1-2H3. The molecule has 1 aliphatic heterocycles. The molecule has 0 N–H and O–H groups in total. The molecule has 0 saturated carbocycles. The van der Waals surface area contributed by atoms with Gasteiger partial charge in [-0.25, -0.2) is 4.98 Å². The molecule has 9 heteroatoms. The van der Waals surface area contributed by atoms with Crippen LogP contribution in [-0.2, 0) is 4.79 Å². The van der Waals surface area contributed by atoms with Crippen LogP contribution in [0.5, 0.6) is 0 Å². The summed E-state index contributed by atoms with van der Waals surface area (Å²) in [5, 5.41) is 4.72. The van der Waals surface area contributed by atoms with Crippen molar-refractivity contribution >= 4 is 50.4 Å². The third-order valence-electron chi connectivity index (χ3n) is 4.23. The Morgan fingerprint density at radius 3 is 2.69 bits per heavy atom. The first kappa shape index (κ1) is 19.5. The van der Waals surface area contributed by atoms with Crippen LogP contribution in [0.25, 0.3) is 9.88 Å². The number of hydrogen-bond donors (Lipinski definition) is 0. The molecule has 26 heavy (non-hydrogen) atoms. The van der Waals surface area contributed by atoms with Crippen molar-refractivity contribution < 1.29 is 9.59 Å². The lowest BCUT2D eigenvalue weighted by Gasteiger charge is -2.22. The molecule has 1 aliphatic rings. The summed E-state index contributed by atoms with van der Waals surface area (Å²) in [6.45, 7) is 3.26. The third-order valence-corrected chi connectivity index (χ3v) is 6.94. The molecule has 140 valence electrons. The number of nitrogens with zero attached hydrogens (tertiary/aromatic N) is 4. The smallest absolute Gasteiger partial charge is 0.273 e. The number of carbonyl (C=O) groups is 2. The second-order valence-corrected chi connectivity index (χ2v) is 9.06. The predicted molar refractivity (Wildman–Crippen MR) is 109 cm³/mol. The van der Waals surface area contributed by atoms with Gasteiger partial charge in [-0.15, -0.1) is 22.7 Å². The summed E-state index contributed by atoms with van der Waals surface area (Å²) in [4.78, 5) is 35.9. The van der Waals surface area contributed by atoms with E-state index in [4.69, 9.17) is 0 Å². The van der Waals surface area contributed by atoms with E-state index in [9.17, 15) is 9.59 Å². The minimum absolute atomic E-state index is 0.0242. The first-order valence-electron chi connectivity index (χ1n) is 8.36. The molecule has 0 spiro atoms. The van der Waals surface area contributed by atoms with Gasteiger partial charge >= 0.3 is 0 Å². The molecule has 0 bridgehead atoms. The van der Waals surface area contributed by atoms with Crippen molar-refractivity contribution in [3.63, 3.8) is 0 Å². The summed E-state index contributed by atoms with van der Waals surface area (Å²) in [5.74, 6) is 0.0694. The number of carbonyl (C=O) groups excluding carboxylic acids is 2. The Labute approximate surface area is 169 Å². The van der Waals surface area contributed by atoms with Crippen LogP contribution in [0.15, 0.2) is 21.3 Å². The molecule has 0 aromatic carbocycles. The van der Waals surface area contributed by atoms with Crippen molar-refractivity contribution in [2.24, 2.45) is 0 Å². The number of halogens is 1. The molecule has 3 heterocycles. The van der Waals surface area contributed by atoms with Gasteiger partial charge in [-0.1, -0.05) is 0 Å². The second kappa shape index (κ2) is 8.60. The Kier molecular flexibility index (Phi) is 6.44. The molecule has 2 amide bonds. The van der Waals surface area contributed by atoms with Crippen LogP contribution in [0.3, 0.4) is 0 Å². The molecule has 2 aromatic rings. The van der Waals surface area contributed by atoms with E-state index in [1.165, 1.54) is 11.3 Å². The van der Waals surface area contributed by atoms with Gasteiger partial charge in [0.1, 0.15) is 10.7 Å². The van der Waals surface area contributed by atoms with Crippen LogP contribution in [0, 0.1) is 0 Å². The van der Waals surface area contributed by atoms with Crippen LogP contribution in [0.1, 0.15) is 16.9 Å². The molecule has 1 fully saturated rings. The van der Waals surface area contributed by atoms with E-state index < -0.39 is 0 Å². The molecule has 0 unspecified atom stereocenters. The van der Waals surface area contributed by atoms with E-state index in [-0.39, 0.29) is 11.8 Å². The van der Waals surface area contributed by atoms with Crippen molar-refractivity contribution in [2.45, 2.75) is 6.42 Å². The number of aromatic nitrogens is 1. The Hall–Kier alpha value is -1.29. The topological polar surface area (TPSA) is 56.8 Å². The fourth-order valence-corrected chi connectivity index (χ4v) is 5.04. The maximum atomic E-state index is 12.8. The molecule has 2 aromatic heterocycles. The molecule has 0 aliphatic carbocycles. The summed E-state index contributed by atoms with van der Waals surface area (Å²) < 4.78 is 1.03. The molecule has 3 rings (SSSR count). The van der Waals surface area contributed by atoms with E-state index in [1.54, 1.807) is 30.3 Å². The lowest BCUT2D eigenvalue weighted by molar-refractivity contribution is -0.129. The van der Waals surface area contributed by atoms with Gasteiger partial charge in [0.2, 0.25) is 5.91 Å². The highest BCUT2D eigenvalue weighted by Gasteiger charge is 2.23. The molecular weight excluding hydrogens is 436 g/mol. The lowest BCUT2D eigenvalue weighted by atomic mass is 10.3. The average Bonchev–Trinajstić information content (AvgIpc) is 3.19. The fraction of sp³-hybridized carbons (Fsp3) is 0.471. The van der Waals surface area contributed by atoms with Crippen LogP contribution < -0.4 is 0 Å². The summed E-state index contributed by atoms with van der Waals surface area (Å²) >= 11 is 6.55. The monoisotopic (exact) mass is 456 g/mol. The van der Waals surface area contributed by atoms with Crippen LogP contribution in [0.4, 0.5) is 0 Å². The number of thiophene rings is 1. The van der Waals surface area contributed by atoms with Crippen molar-refractivity contribution in [3.05, 3.63) is 27.0 Å². The normalized spacial score (nSPS) is 15.7. The lowest BCUT2D eigenvalue weighted by Crippen LogP contribution is -2.39. The van der Waals surface area contributed by atoms with Crippen LogP contribution in [-0.4, -0.2) is 78.3 Å². The Morgan fingerprint density at radius 1 is 1.19 bits per heavy atom. The zero-order chi connectivity index (χ0) is 18.7. The van der Waals surface area contributed by atoms with Gasteiger partial charge in [0.05, 0.1) is 11.4 Å². The van der Waals surface area contributed by atoms with Gasteiger partial charge < -0.3 is 9.80 Å². The van der Waals surface area contributed by atoms with Crippen LogP contribution in [0.2, 0.25) is 0 Å². The van der Waals surface area contributed by atoms with E-state index in [0.717, 1.165) is 27.3 Å². The highest BCUT2D eigenvalue weighted by atomic mass is 79.9. The van der Waals surface area contributed by atoms with Crippen molar-refractivity contribution in [2.75, 3.05) is 46.8 Å². The minimum Gasteiger partial charge on any atom is -0.348 e. The SMILES string of the molecule is CN(C)C(=O)CN1CCCN(C(=O)c2csc(-c3cc(Br)cs3)n2)CC1. The second-order valence-electron chi connectivity index (χ2n) is 6.38. The zero-order valence-corrected chi connectivity index (χ0v) is 18.0. The van der Waals surface area contributed by atoms with E-state index >= 15 is 0 Å².